The van der Waals surface area contributed by atoms with Crippen molar-refractivity contribution in [1.29, 1.82) is 0 Å². The molecular weight excluding hydrogens is 405 g/mol. The molecule has 5 nitrogen and oxygen atoms in total. The Kier molecular flexibility index (Phi) is 4.52. The van der Waals surface area contributed by atoms with Gasteiger partial charge in [-0.1, -0.05) is 24.3 Å². The summed E-state index contributed by atoms with van der Waals surface area (Å²) in [6.45, 7) is 0. The summed E-state index contributed by atoms with van der Waals surface area (Å²) in [5.74, 6) is -0.164. The maximum absolute atomic E-state index is 12.0. The van der Waals surface area contributed by atoms with Crippen LogP contribution in [0, 0.1) is 0 Å². The number of nitrogens with one attached hydrogen (secondary N) is 1. The number of pyridine rings is 1. The molecule has 2 aromatic carbocycles. The van der Waals surface area contributed by atoms with Crippen molar-refractivity contribution in [1.82, 2.24) is 10.4 Å². The lowest BCUT2D eigenvalue weighted by Gasteiger charge is -2.06. The second kappa shape index (κ2) is 6.74. The number of aromatic hydroxyl groups is 1. The molecule has 0 radical (unpaired) electrons. The van der Waals surface area contributed by atoms with E-state index < -0.39 is 0 Å². The van der Waals surface area contributed by atoms with Crippen LogP contribution in [-0.4, -0.2) is 19.7 Å². The number of benzene rings is 2. The number of phenolic OH excluding ortho intramolecular Hbond substituents is 1. The number of hydrogen-bond donors (Lipinski definition) is 2. The number of carbonyl (C=O) groups excluding carboxylic acids is 1. The van der Waals surface area contributed by atoms with Gasteiger partial charge in [-0.25, -0.2) is 5.43 Å². The van der Waals surface area contributed by atoms with Crippen molar-refractivity contribution in [3.05, 3.63) is 71.9 Å². The van der Waals surface area contributed by atoms with E-state index in [4.69, 9.17) is 0 Å². The molecule has 0 aliphatic rings. The number of halogens is 1. The van der Waals surface area contributed by atoms with Gasteiger partial charge in [0.1, 0.15) is 15.0 Å². The topological polar surface area (TPSA) is 74.6 Å². The lowest BCUT2D eigenvalue weighted by molar-refractivity contribution is 0.0955. The lowest BCUT2D eigenvalue weighted by Crippen LogP contribution is -2.18. The summed E-state index contributed by atoms with van der Waals surface area (Å²) >= 11 is 2.05. The van der Waals surface area contributed by atoms with Crippen LogP contribution in [0.2, 0.25) is 0 Å². The monoisotopic (exact) mass is 417 g/mol. The predicted octanol–water partition coefficient (Wildman–Crippen LogP) is 3.47. The van der Waals surface area contributed by atoms with Crippen LogP contribution in [0.15, 0.2) is 65.9 Å². The third-order valence-corrected chi connectivity index (χ3v) is 4.08. The number of aromatic nitrogens is 1. The fourth-order valence-corrected chi connectivity index (χ4v) is 2.74. The Balaban J connectivity index is 1.90. The molecule has 1 aromatic heterocycles. The van der Waals surface area contributed by atoms with Gasteiger partial charge in [0.2, 0.25) is 0 Å². The van der Waals surface area contributed by atoms with E-state index >= 15 is 0 Å². The van der Waals surface area contributed by atoms with Gasteiger partial charge in [0, 0.05) is 22.7 Å². The average Bonchev–Trinajstić information content (AvgIpc) is 2.60. The third-order valence-electron chi connectivity index (χ3n) is 3.26. The Morgan fingerprint density at radius 1 is 1.09 bits per heavy atom. The van der Waals surface area contributed by atoms with E-state index in [9.17, 15) is 9.90 Å². The molecule has 0 saturated carbocycles. The lowest BCUT2D eigenvalue weighted by atomic mass is 10.1. The number of hydrogen-bond acceptors (Lipinski definition) is 4. The molecule has 0 saturated heterocycles. The van der Waals surface area contributed by atoms with Crippen LogP contribution in [0.5, 0.6) is 5.75 Å². The molecule has 0 bridgehead atoms. The molecule has 0 unspecified atom stereocenters. The number of rotatable bonds is 3. The fourth-order valence-electron chi connectivity index (χ4n) is 2.15. The van der Waals surface area contributed by atoms with Crippen molar-refractivity contribution in [3.63, 3.8) is 0 Å². The zero-order chi connectivity index (χ0) is 16.2. The van der Waals surface area contributed by atoms with Crippen LogP contribution in [0.1, 0.15) is 15.9 Å². The highest BCUT2D eigenvalue weighted by Crippen LogP contribution is 2.27. The van der Waals surface area contributed by atoms with Crippen molar-refractivity contribution < 1.29 is 9.90 Å². The average molecular weight is 417 g/mol. The summed E-state index contributed by atoms with van der Waals surface area (Å²) in [5.41, 5.74) is 4.37. The minimum absolute atomic E-state index is 0.113. The largest absolute Gasteiger partial charge is 0.506 e. The van der Waals surface area contributed by atoms with Crippen LogP contribution in [0.25, 0.3) is 10.9 Å². The van der Waals surface area contributed by atoms with Crippen LogP contribution in [-0.2, 0) is 0 Å². The third kappa shape index (κ3) is 3.31. The second-order valence-electron chi connectivity index (χ2n) is 4.74. The highest BCUT2D eigenvalue weighted by molar-refractivity contribution is 14.1. The molecule has 0 fully saturated rings. The molecule has 1 amide bonds. The Labute approximate surface area is 146 Å². The van der Waals surface area contributed by atoms with Crippen molar-refractivity contribution >= 4 is 43.1 Å². The summed E-state index contributed by atoms with van der Waals surface area (Å²) in [4.78, 5) is 16.2. The normalized spacial score (nSPS) is 11.4. The van der Waals surface area contributed by atoms with Gasteiger partial charge in [-0.3, -0.25) is 9.78 Å². The van der Waals surface area contributed by atoms with E-state index in [2.05, 4.69) is 15.5 Å². The van der Waals surface area contributed by atoms with Gasteiger partial charge in [-0.15, -0.1) is 0 Å². The van der Waals surface area contributed by atoms with Crippen LogP contribution >= 0.6 is 22.6 Å². The number of hydrazone groups is 1. The van der Waals surface area contributed by atoms with Crippen molar-refractivity contribution in [2.45, 2.75) is 0 Å². The maximum atomic E-state index is 12.0. The molecule has 6 heteroatoms. The standard InChI is InChI=1S/C17H12IN3O2/c18-16(20-21-17(23)11-5-2-1-3-6-11)13-8-9-14(22)15-12(13)7-4-10-19-15/h1-10,22H,(H,21,23)/b20-16-. The van der Waals surface area contributed by atoms with Gasteiger partial charge in [0.25, 0.3) is 5.91 Å². The van der Waals surface area contributed by atoms with Crippen LogP contribution in [0.3, 0.4) is 0 Å². The van der Waals surface area contributed by atoms with Crippen molar-refractivity contribution in [2.24, 2.45) is 5.10 Å². The van der Waals surface area contributed by atoms with Gasteiger partial charge in [-0.2, -0.15) is 5.10 Å². The molecule has 2 N–H and O–H groups in total. The van der Waals surface area contributed by atoms with E-state index in [0.717, 1.165) is 10.9 Å². The SMILES string of the molecule is O=C(N/N=C(\I)c1ccc(O)c2ncccc12)c1ccccc1. The zero-order valence-electron chi connectivity index (χ0n) is 11.9. The summed E-state index contributed by atoms with van der Waals surface area (Å²) in [6, 6.07) is 15.8. The predicted molar refractivity (Wildman–Crippen MR) is 97.9 cm³/mol. The first-order valence-electron chi connectivity index (χ1n) is 6.82. The van der Waals surface area contributed by atoms with Gasteiger partial charge >= 0.3 is 0 Å². The maximum Gasteiger partial charge on any atom is 0.271 e. The molecule has 0 spiro atoms. The van der Waals surface area contributed by atoms with E-state index in [0.29, 0.717) is 14.8 Å². The van der Waals surface area contributed by atoms with Crippen molar-refractivity contribution in [3.8, 4) is 5.75 Å². The molecule has 3 aromatic rings. The molecule has 0 aliphatic carbocycles. The smallest absolute Gasteiger partial charge is 0.271 e. The van der Waals surface area contributed by atoms with Gasteiger partial charge in [-0.05, 0) is 52.9 Å². The number of amides is 1. The summed E-state index contributed by atoms with van der Waals surface area (Å²) < 4.78 is 0.602. The second-order valence-corrected chi connectivity index (χ2v) is 5.76. The first-order valence-corrected chi connectivity index (χ1v) is 7.90. The molecule has 114 valence electrons. The first-order chi connectivity index (χ1) is 11.2. The van der Waals surface area contributed by atoms with E-state index in [1.165, 1.54) is 0 Å². The molecule has 0 atom stereocenters. The molecule has 23 heavy (non-hydrogen) atoms. The summed E-state index contributed by atoms with van der Waals surface area (Å²) in [7, 11) is 0. The fraction of sp³-hybridized carbons (Fsp3) is 0. The number of carbonyl (C=O) groups is 1. The van der Waals surface area contributed by atoms with Gasteiger partial charge in [0.15, 0.2) is 0 Å². The number of fused-ring (bicyclic) bond motifs is 1. The van der Waals surface area contributed by atoms with E-state index in [-0.39, 0.29) is 11.7 Å². The molecule has 1 heterocycles. The zero-order valence-corrected chi connectivity index (χ0v) is 14.1. The summed E-state index contributed by atoms with van der Waals surface area (Å²) in [5, 5.41) is 14.8. The van der Waals surface area contributed by atoms with Crippen LogP contribution < -0.4 is 5.43 Å². The summed E-state index contributed by atoms with van der Waals surface area (Å²) in [6.07, 6.45) is 1.62. The molecule has 3 rings (SSSR count). The van der Waals surface area contributed by atoms with Gasteiger partial charge < -0.3 is 5.11 Å². The minimum Gasteiger partial charge on any atom is -0.506 e. The Morgan fingerprint density at radius 2 is 1.87 bits per heavy atom. The van der Waals surface area contributed by atoms with Gasteiger partial charge in [0.05, 0.1) is 0 Å². The first kappa shape index (κ1) is 15.4. The van der Waals surface area contributed by atoms with E-state index in [1.807, 2.05) is 34.7 Å². The highest BCUT2D eigenvalue weighted by Gasteiger charge is 2.10. The Morgan fingerprint density at radius 3 is 2.65 bits per heavy atom. The molecular formula is C17H12IN3O2. The van der Waals surface area contributed by atoms with E-state index in [1.54, 1.807) is 48.7 Å². The quantitative estimate of drug-likeness (QED) is 0.390. The minimum atomic E-state index is -0.277. The Hall–Kier alpha value is -2.48. The van der Waals surface area contributed by atoms with Crippen molar-refractivity contribution in [2.75, 3.05) is 0 Å². The highest BCUT2D eigenvalue weighted by atomic mass is 127. The Bertz CT molecular complexity index is 895. The number of nitrogens with zero attached hydrogens (tertiary/aromatic N) is 2. The molecule has 0 aliphatic heterocycles. The number of phenols is 1. The van der Waals surface area contributed by atoms with Crippen LogP contribution in [0.4, 0.5) is 0 Å².